The lowest BCUT2D eigenvalue weighted by atomic mass is 9.94. The third-order valence-corrected chi connectivity index (χ3v) is 7.17. The van der Waals surface area contributed by atoms with Crippen LogP contribution in [0.4, 0.5) is 19.0 Å². The summed E-state index contributed by atoms with van der Waals surface area (Å²) in [6.07, 6.45) is 0.276. The maximum absolute atomic E-state index is 13.8. The molecule has 1 aliphatic heterocycles. The fourth-order valence-corrected chi connectivity index (χ4v) is 5.25. The maximum Gasteiger partial charge on any atom is 0.410 e. The summed E-state index contributed by atoms with van der Waals surface area (Å²) in [5.74, 6) is -0.377. The summed E-state index contributed by atoms with van der Waals surface area (Å²) in [6, 6.07) is 1.27. The van der Waals surface area contributed by atoms with Crippen LogP contribution in [-0.4, -0.2) is 39.9 Å². The minimum atomic E-state index is -4.50. The highest BCUT2D eigenvalue weighted by molar-refractivity contribution is 7.10. The highest BCUT2D eigenvalue weighted by atomic mass is 35.5. The van der Waals surface area contributed by atoms with Crippen molar-refractivity contribution in [3.63, 3.8) is 0 Å². The van der Waals surface area contributed by atoms with Gasteiger partial charge < -0.3 is 10.2 Å². The number of hydrogen-bond donors (Lipinski definition) is 1. The van der Waals surface area contributed by atoms with E-state index in [9.17, 15) is 18.0 Å². The quantitative estimate of drug-likeness (QED) is 0.661. The molecule has 3 heterocycles. The van der Waals surface area contributed by atoms with Crippen molar-refractivity contribution in [2.75, 3.05) is 12.4 Å². The van der Waals surface area contributed by atoms with Crippen LogP contribution in [0.2, 0.25) is 5.02 Å². The molecular formula is C19H22ClF3N4OS. The number of halogens is 4. The lowest BCUT2D eigenvalue weighted by Gasteiger charge is -2.32. The topological polar surface area (TPSA) is 50.2 Å². The number of amides is 1. The van der Waals surface area contributed by atoms with Crippen LogP contribution < -0.4 is 5.32 Å². The van der Waals surface area contributed by atoms with Gasteiger partial charge in [-0.1, -0.05) is 36.9 Å². The summed E-state index contributed by atoms with van der Waals surface area (Å²) < 4.78 is 42.3. The fourth-order valence-electron chi connectivity index (χ4n) is 4.20. The number of thiophene rings is 1. The van der Waals surface area contributed by atoms with E-state index in [-0.39, 0.29) is 29.0 Å². The van der Waals surface area contributed by atoms with Gasteiger partial charge >= 0.3 is 6.18 Å². The number of anilines is 1. The number of alkyl halides is 3. The average Bonchev–Trinajstić information content (AvgIpc) is 3.35. The van der Waals surface area contributed by atoms with Crippen molar-refractivity contribution < 1.29 is 18.0 Å². The third kappa shape index (κ3) is 3.86. The molecule has 10 heteroatoms. The van der Waals surface area contributed by atoms with Gasteiger partial charge in [-0.25, -0.2) is 4.68 Å². The minimum Gasteiger partial charge on any atom is -0.361 e. The Labute approximate surface area is 175 Å². The molecule has 0 aromatic carbocycles. The van der Waals surface area contributed by atoms with Crippen molar-refractivity contribution in [2.24, 2.45) is 0 Å². The molecule has 1 N–H and O–H groups in total. The third-order valence-electron chi connectivity index (χ3n) is 5.83. The molecule has 0 spiro atoms. The van der Waals surface area contributed by atoms with E-state index < -0.39 is 24.2 Å². The van der Waals surface area contributed by atoms with Gasteiger partial charge in [0.2, 0.25) is 0 Å². The van der Waals surface area contributed by atoms with Crippen LogP contribution in [0.1, 0.15) is 66.0 Å². The second-order valence-electron chi connectivity index (χ2n) is 7.67. The Hall–Kier alpha value is -1.74. The van der Waals surface area contributed by atoms with E-state index in [1.165, 1.54) is 11.3 Å². The molecule has 2 aliphatic rings. The molecule has 1 saturated carbocycles. The fraction of sp³-hybridized carbons (Fsp3) is 0.579. The Morgan fingerprint density at radius 3 is 2.69 bits per heavy atom. The van der Waals surface area contributed by atoms with Crippen LogP contribution in [0.25, 0.3) is 0 Å². The van der Waals surface area contributed by atoms with Gasteiger partial charge in [0.15, 0.2) is 11.7 Å². The first-order valence-electron chi connectivity index (χ1n) is 9.69. The Morgan fingerprint density at radius 1 is 1.34 bits per heavy atom. The lowest BCUT2D eigenvalue weighted by Crippen LogP contribution is -2.39. The molecule has 0 radical (unpaired) electrons. The van der Waals surface area contributed by atoms with Gasteiger partial charge in [0.1, 0.15) is 10.8 Å². The zero-order chi connectivity index (χ0) is 20.8. The van der Waals surface area contributed by atoms with E-state index in [2.05, 4.69) is 10.4 Å². The van der Waals surface area contributed by atoms with E-state index >= 15 is 0 Å². The van der Waals surface area contributed by atoms with Gasteiger partial charge in [0.05, 0.1) is 6.04 Å². The summed E-state index contributed by atoms with van der Waals surface area (Å²) in [5.41, 5.74) is -0.122. The SMILES string of the molecule is CN(C(=O)c1nn2c(c1Cl)N[C@@H](c1cccs1)C[C@H]2C(F)(F)F)C1CCCCC1. The summed E-state index contributed by atoms with van der Waals surface area (Å²) in [7, 11) is 1.68. The molecule has 5 nitrogen and oxygen atoms in total. The van der Waals surface area contributed by atoms with Crippen LogP contribution in [0, 0.1) is 0 Å². The van der Waals surface area contributed by atoms with E-state index in [0.29, 0.717) is 0 Å². The molecule has 29 heavy (non-hydrogen) atoms. The first-order chi connectivity index (χ1) is 13.8. The molecule has 2 atom stereocenters. The van der Waals surface area contributed by atoms with Crippen LogP contribution in [0.3, 0.4) is 0 Å². The molecule has 1 fully saturated rings. The maximum atomic E-state index is 13.8. The lowest BCUT2D eigenvalue weighted by molar-refractivity contribution is -0.173. The minimum absolute atomic E-state index is 0.0480. The van der Waals surface area contributed by atoms with Crippen molar-refractivity contribution >= 4 is 34.7 Å². The summed E-state index contributed by atoms with van der Waals surface area (Å²) >= 11 is 7.79. The molecule has 4 rings (SSSR count). The molecule has 0 bridgehead atoms. The summed E-state index contributed by atoms with van der Waals surface area (Å²) in [4.78, 5) is 15.4. The van der Waals surface area contributed by atoms with Crippen molar-refractivity contribution in [1.29, 1.82) is 0 Å². The standard InChI is InChI=1S/C19H22ClF3N4OS/c1-26(11-6-3-2-4-7-11)18(28)16-15(20)17-24-12(13-8-5-9-29-13)10-14(19(21,22)23)27(17)25-16/h5,8-9,11-12,14,24H,2-4,6-7,10H2,1H3/t12-,14+/m1/s1. The van der Waals surface area contributed by atoms with Crippen LogP contribution in [0.5, 0.6) is 0 Å². The van der Waals surface area contributed by atoms with Gasteiger partial charge in [-0.05, 0) is 24.3 Å². The van der Waals surface area contributed by atoms with Crippen molar-refractivity contribution in [3.05, 3.63) is 33.1 Å². The first-order valence-corrected chi connectivity index (χ1v) is 10.9. The largest absolute Gasteiger partial charge is 0.410 e. The number of fused-ring (bicyclic) bond motifs is 1. The molecular weight excluding hydrogens is 425 g/mol. The average molecular weight is 447 g/mol. The van der Waals surface area contributed by atoms with E-state index in [1.54, 1.807) is 24.1 Å². The van der Waals surface area contributed by atoms with E-state index in [4.69, 9.17) is 11.6 Å². The van der Waals surface area contributed by atoms with Crippen LogP contribution >= 0.6 is 22.9 Å². The number of rotatable bonds is 3. The molecule has 158 valence electrons. The number of aromatic nitrogens is 2. The van der Waals surface area contributed by atoms with Gasteiger partial charge in [-0.3, -0.25) is 4.79 Å². The van der Waals surface area contributed by atoms with Crippen LogP contribution in [-0.2, 0) is 0 Å². The van der Waals surface area contributed by atoms with Crippen molar-refractivity contribution in [2.45, 2.75) is 62.8 Å². The summed E-state index contributed by atoms with van der Waals surface area (Å²) in [5, 5.41) is 8.89. The highest BCUT2D eigenvalue weighted by Crippen LogP contribution is 2.47. The summed E-state index contributed by atoms with van der Waals surface area (Å²) in [6.45, 7) is 0. The number of hydrogen-bond acceptors (Lipinski definition) is 4. The molecule has 0 unspecified atom stereocenters. The smallest absolute Gasteiger partial charge is 0.361 e. The predicted molar refractivity (Wildman–Crippen MR) is 107 cm³/mol. The van der Waals surface area contributed by atoms with Crippen molar-refractivity contribution in [3.8, 4) is 0 Å². The number of nitrogens with one attached hydrogen (secondary N) is 1. The second kappa shape index (κ2) is 7.83. The van der Waals surface area contributed by atoms with Crippen molar-refractivity contribution in [1.82, 2.24) is 14.7 Å². The molecule has 1 amide bonds. The highest BCUT2D eigenvalue weighted by Gasteiger charge is 2.48. The normalized spacial score (nSPS) is 22.8. The number of carbonyl (C=O) groups excluding carboxylic acids is 1. The Kier molecular flexibility index (Phi) is 5.54. The monoisotopic (exact) mass is 446 g/mol. The van der Waals surface area contributed by atoms with Gasteiger partial charge in [0.25, 0.3) is 5.91 Å². The number of nitrogens with zero attached hydrogens (tertiary/aromatic N) is 3. The Balaban J connectivity index is 1.68. The zero-order valence-corrected chi connectivity index (χ0v) is 17.4. The molecule has 2 aromatic heterocycles. The van der Waals surface area contributed by atoms with Crippen LogP contribution in [0.15, 0.2) is 17.5 Å². The Morgan fingerprint density at radius 2 is 2.07 bits per heavy atom. The molecule has 0 saturated heterocycles. The first kappa shape index (κ1) is 20.5. The number of carbonyl (C=O) groups is 1. The zero-order valence-electron chi connectivity index (χ0n) is 15.9. The molecule has 1 aliphatic carbocycles. The van der Waals surface area contributed by atoms with Gasteiger partial charge in [0, 0.05) is 24.4 Å². The van der Waals surface area contributed by atoms with E-state index in [0.717, 1.165) is 41.7 Å². The second-order valence-corrected chi connectivity index (χ2v) is 9.03. The molecule has 2 aromatic rings. The predicted octanol–water partition coefficient (Wildman–Crippen LogP) is 5.66. The van der Waals surface area contributed by atoms with Gasteiger partial charge in [-0.15, -0.1) is 11.3 Å². The van der Waals surface area contributed by atoms with E-state index in [1.807, 2.05) is 5.38 Å². The van der Waals surface area contributed by atoms with Gasteiger partial charge in [-0.2, -0.15) is 18.3 Å². The Bertz CT molecular complexity index is 877.